The first-order valence-electron chi connectivity index (χ1n) is 11.8. The summed E-state index contributed by atoms with van der Waals surface area (Å²) in [4.78, 5) is 15.7. The van der Waals surface area contributed by atoms with E-state index in [1.165, 1.54) is 0 Å². The fraction of sp³-hybridized carbons (Fsp3) is 0.346. The van der Waals surface area contributed by atoms with Crippen LogP contribution in [0.5, 0.6) is 5.75 Å². The van der Waals surface area contributed by atoms with Gasteiger partial charge in [0.25, 0.3) is 0 Å². The highest BCUT2D eigenvalue weighted by Crippen LogP contribution is 2.37. The number of phenols is 1. The van der Waals surface area contributed by atoms with Crippen LogP contribution in [0.3, 0.4) is 0 Å². The monoisotopic (exact) mass is 533 g/mol. The van der Waals surface area contributed by atoms with E-state index >= 15 is 4.39 Å². The van der Waals surface area contributed by atoms with Crippen LogP contribution >= 0.6 is 0 Å². The van der Waals surface area contributed by atoms with E-state index in [1.54, 1.807) is 10.7 Å². The molecule has 5 rings (SSSR count). The number of benzene rings is 2. The van der Waals surface area contributed by atoms with Crippen molar-refractivity contribution in [3.8, 4) is 17.0 Å². The summed E-state index contributed by atoms with van der Waals surface area (Å²) < 4.78 is 48.6. The number of anilines is 1. The second kappa shape index (κ2) is 10.1. The fourth-order valence-electron chi connectivity index (χ4n) is 4.68. The minimum absolute atomic E-state index is 0.124. The normalized spacial score (nSPS) is 17.9. The van der Waals surface area contributed by atoms with Crippen molar-refractivity contribution in [3.63, 3.8) is 0 Å². The minimum Gasteiger partial charge on any atom is -0.507 e. The average molecular weight is 534 g/mol. The summed E-state index contributed by atoms with van der Waals surface area (Å²) in [6.07, 6.45) is -3.19. The number of phenolic OH excluding ortho intramolecular Hbond substituents is 1. The maximum absolute atomic E-state index is 15.1. The van der Waals surface area contributed by atoms with Crippen LogP contribution in [0.1, 0.15) is 19.4 Å². The molecule has 2 aromatic carbocycles. The van der Waals surface area contributed by atoms with Gasteiger partial charge in [-0.25, -0.2) is 14.2 Å². The predicted molar refractivity (Wildman–Crippen MR) is 136 cm³/mol. The van der Waals surface area contributed by atoms with Gasteiger partial charge >= 0.3 is 12.1 Å². The highest BCUT2D eigenvalue weighted by atomic mass is 19.4. The van der Waals surface area contributed by atoms with Crippen molar-refractivity contribution in [1.82, 2.24) is 20.1 Å². The van der Waals surface area contributed by atoms with Gasteiger partial charge in [-0.3, -0.25) is 4.68 Å². The number of hydrogen-bond donors (Lipinski definition) is 3. The van der Waals surface area contributed by atoms with Crippen molar-refractivity contribution in [2.45, 2.75) is 39.0 Å². The van der Waals surface area contributed by atoms with Crippen molar-refractivity contribution < 1.29 is 32.6 Å². The number of alkyl halides is 3. The van der Waals surface area contributed by atoms with Crippen molar-refractivity contribution in [2.75, 3.05) is 18.0 Å². The van der Waals surface area contributed by atoms with Crippen LogP contribution in [0, 0.1) is 12.7 Å². The third kappa shape index (κ3) is 5.49. The van der Waals surface area contributed by atoms with Gasteiger partial charge in [-0.05, 0) is 45.0 Å². The highest BCUT2D eigenvalue weighted by molar-refractivity contribution is 5.92. The molecule has 0 aliphatic carbocycles. The van der Waals surface area contributed by atoms with E-state index in [0.29, 0.717) is 34.4 Å². The molecule has 0 unspecified atom stereocenters. The molecule has 1 aliphatic rings. The van der Waals surface area contributed by atoms with Crippen molar-refractivity contribution in [1.29, 1.82) is 0 Å². The third-order valence-corrected chi connectivity index (χ3v) is 6.29. The smallest absolute Gasteiger partial charge is 0.490 e. The molecule has 8 nitrogen and oxygen atoms in total. The summed E-state index contributed by atoms with van der Waals surface area (Å²) in [6, 6.07) is 9.82. The molecular formula is C26H27F4N5O3. The number of aromatic nitrogens is 3. The number of halogens is 4. The maximum atomic E-state index is 15.1. The summed E-state index contributed by atoms with van der Waals surface area (Å²) in [7, 11) is 1.84. The quantitative estimate of drug-likeness (QED) is 0.319. The lowest BCUT2D eigenvalue weighted by molar-refractivity contribution is -0.192. The van der Waals surface area contributed by atoms with Crippen LogP contribution < -0.4 is 10.2 Å². The summed E-state index contributed by atoms with van der Waals surface area (Å²) in [5.41, 5.74) is 3.73. The van der Waals surface area contributed by atoms with Crippen LogP contribution in [0.4, 0.5) is 23.2 Å². The molecule has 4 aromatic rings. The number of nitrogens with one attached hydrogen (secondary N) is 1. The van der Waals surface area contributed by atoms with Crippen LogP contribution in [0.15, 0.2) is 36.5 Å². The van der Waals surface area contributed by atoms with Gasteiger partial charge in [-0.15, -0.1) is 0 Å². The summed E-state index contributed by atoms with van der Waals surface area (Å²) in [5, 5.41) is 27.5. The van der Waals surface area contributed by atoms with Gasteiger partial charge in [-0.1, -0.05) is 6.07 Å². The van der Waals surface area contributed by atoms with E-state index in [-0.39, 0.29) is 11.6 Å². The number of carboxylic acids is 1. The van der Waals surface area contributed by atoms with Crippen LogP contribution in [0.2, 0.25) is 0 Å². The number of pyridine rings is 1. The van der Waals surface area contributed by atoms with E-state index < -0.39 is 12.1 Å². The Balaban J connectivity index is 0.000000426. The van der Waals surface area contributed by atoms with E-state index in [9.17, 15) is 18.3 Å². The number of fused-ring (bicyclic) bond motifs is 2. The van der Waals surface area contributed by atoms with Gasteiger partial charge in [-0.2, -0.15) is 18.3 Å². The molecule has 2 atom stereocenters. The van der Waals surface area contributed by atoms with E-state index in [1.807, 2.05) is 44.4 Å². The number of carboxylic acid groups (broad SMARTS) is 1. The predicted octanol–water partition coefficient (Wildman–Crippen LogP) is 4.76. The number of piperazine rings is 1. The fourth-order valence-corrected chi connectivity index (χ4v) is 4.68. The number of aryl methyl sites for hydroxylation is 2. The Labute approximate surface area is 215 Å². The Bertz CT molecular complexity index is 1510. The van der Waals surface area contributed by atoms with Gasteiger partial charge in [0.15, 0.2) is 5.82 Å². The molecule has 38 heavy (non-hydrogen) atoms. The number of hydrogen-bond acceptors (Lipinski definition) is 6. The molecule has 1 aliphatic heterocycles. The molecule has 1 saturated heterocycles. The molecular weight excluding hydrogens is 506 g/mol. The minimum atomic E-state index is -5.08. The number of carbonyl (C=O) groups is 1. The number of nitrogens with zero attached hydrogens (tertiary/aromatic N) is 4. The summed E-state index contributed by atoms with van der Waals surface area (Å²) in [5.74, 6) is -2.99. The lowest BCUT2D eigenvalue weighted by Gasteiger charge is -2.37. The Kier molecular flexibility index (Phi) is 7.20. The highest BCUT2D eigenvalue weighted by Gasteiger charge is 2.38. The molecule has 0 bridgehead atoms. The van der Waals surface area contributed by atoms with E-state index in [2.05, 4.69) is 34.1 Å². The third-order valence-electron chi connectivity index (χ3n) is 6.29. The van der Waals surface area contributed by atoms with E-state index in [4.69, 9.17) is 9.90 Å². The zero-order valence-corrected chi connectivity index (χ0v) is 21.1. The Morgan fingerprint density at radius 2 is 1.71 bits per heavy atom. The lowest BCUT2D eigenvalue weighted by Crippen LogP contribution is -2.54. The SMILES string of the molecule is Cc1c(O)c(-c2ccc3cc(N4C[C@H](C)N[C@@H](C)C4)cc(F)c3n2)cc2cn(C)nc12.O=C(O)C(F)(F)F. The Morgan fingerprint density at radius 3 is 2.32 bits per heavy atom. The maximum Gasteiger partial charge on any atom is 0.490 e. The molecule has 0 spiro atoms. The summed E-state index contributed by atoms with van der Waals surface area (Å²) in [6.45, 7) is 7.78. The van der Waals surface area contributed by atoms with Crippen molar-refractivity contribution >= 4 is 33.5 Å². The van der Waals surface area contributed by atoms with Crippen molar-refractivity contribution in [3.05, 3.63) is 47.9 Å². The molecule has 2 aromatic heterocycles. The molecule has 12 heteroatoms. The van der Waals surface area contributed by atoms with Gasteiger partial charge in [0, 0.05) is 66.0 Å². The first kappa shape index (κ1) is 27.1. The molecule has 0 amide bonds. The molecule has 1 fully saturated rings. The van der Waals surface area contributed by atoms with Gasteiger partial charge < -0.3 is 20.4 Å². The average Bonchev–Trinajstić information content (AvgIpc) is 3.21. The number of rotatable bonds is 2. The van der Waals surface area contributed by atoms with Gasteiger partial charge in [0.1, 0.15) is 11.3 Å². The number of aliphatic carboxylic acids is 1. The van der Waals surface area contributed by atoms with E-state index in [0.717, 1.165) is 35.1 Å². The van der Waals surface area contributed by atoms with Crippen LogP contribution in [-0.4, -0.2) is 62.3 Å². The summed E-state index contributed by atoms with van der Waals surface area (Å²) >= 11 is 0. The zero-order chi connectivity index (χ0) is 27.9. The van der Waals surface area contributed by atoms with Gasteiger partial charge in [0.05, 0.1) is 11.2 Å². The second-order valence-corrected chi connectivity index (χ2v) is 9.51. The number of aromatic hydroxyl groups is 1. The molecule has 202 valence electrons. The molecule has 0 radical (unpaired) electrons. The Morgan fingerprint density at radius 1 is 1.08 bits per heavy atom. The lowest BCUT2D eigenvalue weighted by atomic mass is 10.0. The molecule has 3 heterocycles. The molecule has 3 N–H and O–H groups in total. The first-order chi connectivity index (χ1) is 17.7. The second-order valence-electron chi connectivity index (χ2n) is 9.51. The zero-order valence-electron chi connectivity index (χ0n) is 21.1. The van der Waals surface area contributed by atoms with Crippen LogP contribution in [-0.2, 0) is 11.8 Å². The Hall–Kier alpha value is -3.93. The van der Waals surface area contributed by atoms with Gasteiger partial charge in [0.2, 0.25) is 0 Å². The van der Waals surface area contributed by atoms with Crippen molar-refractivity contribution in [2.24, 2.45) is 7.05 Å². The standard InChI is InChI=1S/C24H26FN5O.C2HF3O2/c1-13-10-30(11-14(2)26-13)18-7-16-5-6-21(27-23(16)20(25)9-18)19-8-17-12-29(4)28-22(17)15(3)24(19)31;3-2(4,5)1(6)7/h5-9,12-14,26,31H,10-11H2,1-4H3;(H,6,7)/t13-,14-;/m0./s1. The largest absolute Gasteiger partial charge is 0.507 e. The molecule has 0 saturated carbocycles. The van der Waals surface area contributed by atoms with Crippen LogP contribution in [0.25, 0.3) is 33.1 Å². The first-order valence-corrected chi connectivity index (χ1v) is 11.8. The topological polar surface area (TPSA) is 104 Å².